The summed E-state index contributed by atoms with van der Waals surface area (Å²) in [7, 11) is 0. The van der Waals surface area contributed by atoms with Crippen molar-refractivity contribution in [2.24, 2.45) is 0 Å². The number of carbonyl (C=O) groups is 1. The van der Waals surface area contributed by atoms with Crippen LogP contribution in [0.15, 0.2) is 6.20 Å². The molecule has 5 heteroatoms. The number of hydrogen-bond donors (Lipinski definition) is 2. The highest BCUT2D eigenvalue weighted by Gasteiger charge is 2.10. The molecule has 0 unspecified atom stereocenters. The van der Waals surface area contributed by atoms with Gasteiger partial charge in [-0.05, 0) is 6.92 Å². The number of carboxylic acid groups (broad SMARTS) is 1. The minimum atomic E-state index is -1.01. The van der Waals surface area contributed by atoms with Gasteiger partial charge < -0.3 is 10.2 Å². The highest BCUT2D eigenvalue weighted by molar-refractivity contribution is 7.13. The minimum Gasteiger partial charge on any atom is -0.477 e. The van der Waals surface area contributed by atoms with Crippen LogP contribution in [-0.2, 0) is 0 Å². The lowest BCUT2D eigenvalue weighted by molar-refractivity contribution is 0.0702. The maximum Gasteiger partial charge on any atom is 0.347 e. The van der Waals surface area contributed by atoms with Gasteiger partial charge in [-0.2, -0.15) is 0 Å². The second-order valence-corrected chi connectivity index (χ2v) is 3.11. The molecule has 2 N–H and O–H groups in total. The van der Waals surface area contributed by atoms with Crippen LogP contribution in [0.2, 0.25) is 0 Å². The van der Waals surface area contributed by atoms with E-state index < -0.39 is 12.1 Å². The molecule has 0 saturated heterocycles. The van der Waals surface area contributed by atoms with E-state index in [-0.39, 0.29) is 4.88 Å². The van der Waals surface area contributed by atoms with E-state index in [4.69, 9.17) is 10.2 Å². The van der Waals surface area contributed by atoms with Crippen LogP contribution in [0, 0.1) is 0 Å². The monoisotopic (exact) mass is 173 g/mol. The molecular formula is C6H7NO3S. The van der Waals surface area contributed by atoms with Crippen LogP contribution in [0.4, 0.5) is 0 Å². The zero-order chi connectivity index (χ0) is 8.43. The molecule has 0 aliphatic rings. The van der Waals surface area contributed by atoms with Crippen molar-refractivity contribution < 1.29 is 15.0 Å². The summed E-state index contributed by atoms with van der Waals surface area (Å²) in [6.45, 7) is 1.55. The Morgan fingerprint density at radius 2 is 2.45 bits per heavy atom. The standard InChI is InChI=1S/C6H7NO3S/c1-3(8)5-7-2-4(11-5)6(9)10/h2-3,8H,1H3,(H,9,10)/t3-/m0/s1. The number of aliphatic hydroxyl groups excluding tert-OH is 1. The summed E-state index contributed by atoms with van der Waals surface area (Å²) in [4.78, 5) is 14.2. The summed E-state index contributed by atoms with van der Waals surface area (Å²) in [6, 6.07) is 0. The molecule has 0 aliphatic heterocycles. The van der Waals surface area contributed by atoms with Crippen molar-refractivity contribution in [2.75, 3.05) is 0 Å². The van der Waals surface area contributed by atoms with E-state index in [2.05, 4.69) is 4.98 Å². The summed E-state index contributed by atoms with van der Waals surface area (Å²) in [5.74, 6) is -1.01. The Labute approximate surface area is 67.1 Å². The summed E-state index contributed by atoms with van der Waals surface area (Å²) < 4.78 is 0. The van der Waals surface area contributed by atoms with Crippen molar-refractivity contribution in [3.8, 4) is 0 Å². The third kappa shape index (κ3) is 1.75. The van der Waals surface area contributed by atoms with Gasteiger partial charge >= 0.3 is 5.97 Å². The summed E-state index contributed by atoms with van der Waals surface area (Å²) in [5, 5.41) is 17.9. The average Bonchev–Trinajstić information content (AvgIpc) is 2.33. The van der Waals surface area contributed by atoms with Crippen molar-refractivity contribution in [3.63, 3.8) is 0 Å². The summed E-state index contributed by atoms with van der Waals surface area (Å²) in [5.41, 5.74) is 0. The Morgan fingerprint density at radius 1 is 1.82 bits per heavy atom. The first-order chi connectivity index (χ1) is 5.11. The van der Waals surface area contributed by atoms with Gasteiger partial charge in [-0.3, -0.25) is 0 Å². The van der Waals surface area contributed by atoms with Crippen molar-refractivity contribution in [2.45, 2.75) is 13.0 Å². The van der Waals surface area contributed by atoms with Crippen LogP contribution in [0.1, 0.15) is 27.7 Å². The van der Waals surface area contributed by atoms with Crippen LogP contribution in [-0.4, -0.2) is 21.2 Å². The van der Waals surface area contributed by atoms with Crippen molar-refractivity contribution in [3.05, 3.63) is 16.1 Å². The Morgan fingerprint density at radius 3 is 2.73 bits per heavy atom. The highest BCUT2D eigenvalue weighted by Crippen LogP contribution is 2.18. The van der Waals surface area contributed by atoms with Crippen molar-refractivity contribution in [1.82, 2.24) is 4.98 Å². The molecule has 0 bridgehead atoms. The number of aromatic carboxylic acids is 1. The van der Waals surface area contributed by atoms with E-state index in [1.54, 1.807) is 6.92 Å². The maximum atomic E-state index is 10.3. The van der Waals surface area contributed by atoms with E-state index in [9.17, 15) is 4.79 Å². The maximum absolute atomic E-state index is 10.3. The average molecular weight is 173 g/mol. The molecular weight excluding hydrogens is 166 g/mol. The van der Waals surface area contributed by atoms with Crippen molar-refractivity contribution >= 4 is 17.3 Å². The first-order valence-electron chi connectivity index (χ1n) is 2.98. The van der Waals surface area contributed by atoms with Gasteiger partial charge in [0.15, 0.2) is 0 Å². The molecule has 4 nitrogen and oxygen atoms in total. The largest absolute Gasteiger partial charge is 0.477 e. The number of carboxylic acids is 1. The predicted molar refractivity (Wildman–Crippen MR) is 39.7 cm³/mol. The van der Waals surface area contributed by atoms with Crippen LogP contribution in [0.25, 0.3) is 0 Å². The van der Waals surface area contributed by atoms with Crippen LogP contribution < -0.4 is 0 Å². The molecule has 0 radical (unpaired) electrons. The first-order valence-corrected chi connectivity index (χ1v) is 3.80. The summed E-state index contributed by atoms with van der Waals surface area (Å²) >= 11 is 0.988. The van der Waals surface area contributed by atoms with Gasteiger partial charge in [0.25, 0.3) is 0 Å². The van der Waals surface area contributed by atoms with Crippen molar-refractivity contribution in [1.29, 1.82) is 0 Å². The van der Waals surface area contributed by atoms with Gasteiger partial charge in [-0.1, -0.05) is 0 Å². The molecule has 1 aromatic rings. The molecule has 1 heterocycles. The van der Waals surface area contributed by atoms with Gasteiger partial charge in [0.2, 0.25) is 0 Å². The smallest absolute Gasteiger partial charge is 0.347 e. The van der Waals surface area contributed by atoms with Crippen LogP contribution in [0.5, 0.6) is 0 Å². The molecule has 0 spiro atoms. The molecule has 60 valence electrons. The normalized spacial score (nSPS) is 12.9. The SMILES string of the molecule is C[C@H](O)c1ncc(C(=O)O)s1. The number of rotatable bonds is 2. The van der Waals surface area contributed by atoms with E-state index in [0.717, 1.165) is 11.3 Å². The quantitative estimate of drug-likeness (QED) is 0.696. The highest BCUT2D eigenvalue weighted by atomic mass is 32.1. The number of nitrogens with zero attached hydrogens (tertiary/aromatic N) is 1. The van der Waals surface area contributed by atoms with Crippen LogP contribution >= 0.6 is 11.3 Å². The fraction of sp³-hybridized carbons (Fsp3) is 0.333. The second kappa shape index (κ2) is 2.98. The van der Waals surface area contributed by atoms with E-state index >= 15 is 0 Å². The molecule has 0 aromatic carbocycles. The number of aromatic nitrogens is 1. The Bertz CT molecular complexity index is 269. The number of hydrogen-bond acceptors (Lipinski definition) is 4. The zero-order valence-electron chi connectivity index (χ0n) is 5.81. The van der Waals surface area contributed by atoms with Gasteiger partial charge in [-0.15, -0.1) is 11.3 Å². The van der Waals surface area contributed by atoms with E-state index in [1.807, 2.05) is 0 Å². The molecule has 0 aliphatic carbocycles. The van der Waals surface area contributed by atoms with Gasteiger partial charge in [0.05, 0.1) is 6.20 Å². The lowest BCUT2D eigenvalue weighted by Gasteiger charge is -1.94. The second-order valence-electron chi connectivity index (χ2n) is 2.04. The molecule has 11 heavy (non-hydrogen) atoms. The third-order valence-electron chi connectivity index (χ3n) is 1.09. The lowest BCUT2D eigenvalue weighted by Crippen LogP contribution is -1.90. The van der Waals surface area contributed by atoms with E-state index in [1.165, 1.54) is 6.20 Å². The Kier molecular flexibility index (Phi) is 2.21. The fourth-order valence-electron chi connectivity index (χ4n) is 0.580. The van der Waals surface area contributed by atoms with E-state index in [0.29, 0.717) is 5.01 Å². The topological polar surface area (TPSA) is 70.4 Å². The van der Waals surface area contributed by atoms with Gasteiger partial charge in [0.1, 0.15) is 16.0 Å². The Hall–Kier alpha value is -0.940. The minimum absolute atomic E-state index is 0.154. The number of thiazole rings is 1. The summed E-state index contributed by atoms with van der Waals surface area (Å²) in [6.07, 6.45) is 0.558. The number of aliphatic hydroxyl groups is 1. The zero-order valence-corrected chi connectivity index (χ0v) is 6.63. The van der Waals surface area contributed by atoms with Gasteiger partial charge in [0, 0.05) is 0 Å². The molecule has 1 rings (SSSR count). The lowest BCUT2D eigenvalue weighted by atomic mass is 10.4. The fourth-order valence-corrected chi connectivity index (χ4v) is 1.27. The molecule has 0 saturated carbocycles. The first kappa shape index (κ1) is 8.16. The molecule has 1 atom stereocenters. The third-order valence-corrected chi connectivity index (χ3v) is 2.25. The van der Waals surface area contributed by atoms with Crippen LogP contribution in [0.3, 0.4) is 0 Å². The Balaban J connectivity index is 2.90. The van der Waals surface area contributed by atoms with Gasteiger partial charge in [-0.25, -0.2) is 9.78 Å². The molecule has 0 amide bonds. The molecule has 1 aromatic heterocycles. The molecule has 0 fully saturated rings. The predicted octanol–water partition coefficient (Wildman–Crippen LogP) is 0.895.